The molecule has 13 rings (SSSR count). The third-order valence-corrected chi connectivity index (χ3v) is 45.2. The summed E-state index contributed by atoms with van der Waals surface area (Å²) in [6.07, 6.45) is 44.0. The molecule has 3 aromatic carbocycles. The van der Waals surface area contributed by atoms with Gasteiger partial charge in [0.15, 0.2) is 42.6 Å². The summed E-state index contributed by atoms with van der Waals surface area (Å²) in [4.78, 5) is 86.2. The normalized spacial score (nSPS) is 21.5. The fraction of sp³-hybridized carbons (Fsp3) is 0.693. The fourth-order valence-corrected chi connectivity index (χ4v) is 38.7. The number of allylic oxidation sites excluding steroid dienone is 5. The minimum absolute atomic E-state index is 0.0100. The lowest BCUT2D eigenvalue weighted by Gasteiger charge is -2.33. The highest BCUT2D eigenvalue weighted by molar-refractivity contribution is 8.00. The molecule has 3 atom stereocenters. The zero-order chi connectivity index (χ0) is 83.8. The first-order valence-corrected chi connectivity index (χ1v) is 56.9. The highest BCUT2D eigenvalue weighted by atomic mass is 32.2. The predicted octanol–water partition coefficient (Wildman–Crippen LogP) is 23.1. The lowest BCUT2D eigenvalue weighted by molar-refractivity contribution is -0.123. The molecule has 4 aliphatic carbocycles. The molecule has 0 radical (unpaired) electrons. The maximum atomic E-state index is 13.3. The van der Waals surface area contributed by atoms with Gasteiger partial charge in [0.05, 0.1) is 0 Å². The molecule has 3 unspecified atom stereocenters. The van der Waals surface area contributed by atoms with Crippen molar-refractivity contribution in [3.63, 3.8) is 0 Å². The van der Waals surface area contributed by atoms with Crippen LogP contribution in [0.25, 0.3) is 0 Å². The van der Waals surface area contributed by atoms with Gasteiger partial charge in [0, 0.05) is 80.9 Å². The van der Waals surface area contributed by atoms with Crippen LogP contribution in [-0.4, -0.2) is 158 Å². The molecular weight excluding hydrogens is 1550 g/mol. The second-order valence-corrected chi connectivity index (χ2v) is 55.5. The molecule has 7 nitrogen and oxygen atoms in total. The van der Waals surface area contributed by atoms with Gasteiger partial charge in [-0.3, -0.25) is 33.6 Å². The van der Waals surface area contributed by atoms with Crippen molar-refractivity contribution in [2.24, 2.45) is 22.2 Å². The first-order valence-electron chi connectivity index (χ1n) is 45.4. The predicted molar refractivity (Wildman–Crippen MR) is 517 cm³/mol. The molecule has 0 spiro atoms. The average molecular weight is 1710 g/mol. The second-order valence-electron chi connectivity index (χ2n) is 38.2. The molecular formula is C101H159O7S7+7. The Labute approximate surface area is 723 Å². The Kier molecular flexibility index (Phi) is 43.1. The molecule has 6 aliphatic heterocycles. The summed E-state index contributed by atoms with van der Waals surface area (Å²) in [7, 11) is 2.69. The first-order chi connectivity index (χ1) is 54.8. The van der Waals surface area contributed by atoms with E-state index in [2.05, 4.69) is 115 Å². The van der Waals surface area contributed by atoms with Crippen molar-refractivity contribution in [2.75, 3.05) is 92.0 Å². The van der Waals surface area contributed by atoms with E-state index in [0.29, 0.717) is 100 Å². The van der Waals surface area contributed by atoms with Gasteiger partial charge in [0.1, 0.15) is 86.3 Å². The molecule has 7 fully saturated rings. The summed E-state index contributed by atoms with van der Waals surface area (Å²) in [6, 6.07) is 26.3. The molecule has 115 heavy (non-hydrogen) atoms. The van der Waals surface area contributed by atoms with Crippen molar-refractivity contribution < 1.29 is 33.6 Å². The third-order valence-electron chi connectivity index (χ3n) is 24.5. The Morgan fingerprint density at radius 3 is 1.55 bits per heavy atom. The number of Topliss-reactive ketones (excluding diaryl/α,β-unsaturated/α-hetero) is 5. The van der Waals surface area contributed by atoms with Crippen molar-refractivity contribution in [1.29, 1.82) is 0 Å². The van der Waals surface area contributed by atoms with Gasteiger partial charge >= 0.3 is 0 Å². The Balaban J connectivity index is 0.000000187. The van der Waals surface area contributed by atoms with Gasteiger partial charge in [-0.2, -0.15) is 0 Å². The third kappa shape index (κ3) is 32.3. The molecule has 1 saturated carbocycles. The highest BCUT2D eigenvalue weighted by Crippen LogP contribution is 2.43. The van der Waals surface area contributed by atoms with Gasteiger partial charge in [-0.05, 0) is 252 Å². The number of ketones is 7. The van der Waals surface area contributed by atoms with E-state index in [1.165, 1.54) is 238 Å². The van der Waals surface area contributed by atoms with E-state index in [-0.39, 0.29) is 63.9 Å². The lowest BCUT2D eigenvalue weighted by atomic mass is 9.77. The van der Waals surface area contributed by atoms with Gasteiger partial charge in [0.25, 0.3) is 0 Å². The maximum Gasteiger partial charge on any atom is 0.217 e. The van der Waals surface area contributed by atoms with Crippen LogP contribution in [0.4, 0.5) is 0 Å². The van der Waals surface area contributed by atoms with Crippen LogP contribution in [0.5, 0.6) is 0 Å². The van der Waals surface area contributed by atoms with E-state index in [9.17, 15) is 33.6 Å². The summed E-state index contributed by atoms with van der Waals surface area (Å²) < 4.78 is -0.0409. The molecule has 6 heterocycles. The largest absolute Gasteiger partial charge is 0.295 e. The fourth-order valence-electron chi connectivity index (χ4n) is 18.3. The standard InChI is InChI=1S/C21H35OS.C17H23OS.C17H25OS.C13H21OS.C12H19OS.C11H21OS.C10H15OS/c1-7-9-15-23(16-10-8-2)20(21(4,5)6)19(22)18-13-11-17(3)12-14-18;18-16(15-9-3-1-4-10-15)17(11-5-2-6-12-17)19-13-7-8-14-19;1-13-7-9-14(10-8-13)15(18)16(17(2,3)4)19-11-5-6-12-19;1-13(2)8-11(7-12(14)9-13)10-15-5-3-4-6-15;13-12(10-14-8-4-5-9-14)11-6-2-1-3-7-11;1-9(2)10(12)11(3,4)13-7-5-6-8-13;11-9-5-1-2-6-10(9)12-7-3-4-8-12/h11-14,20H,7-10,15-16H2,1-6H3;1,3-4,9-10H,2,5-8,11-14H2;7-10,16H,5-6,11-12H2,1-4H3;7H,3-6,8-10H2,1-2H3;6H,1-5,7-10H2;9H,5-8H2,1-4H3;1,5,10H,2-4,6-8H2/q7*+1. The smallest absolute Gasteiger partial charge is 0.217 e. The van der Waals surface area contributed by atoms with Crippen molar-refractivity contribution in [2.45, 2.75) is 322 Å². The van der Waals surface area contributed by atoms with E-state index in [0.717, 1.165) is 79.4 Å². The van der Waals surface area contributed by atoms with Crippen LogP contribution in [0.2, 0.25) is 0 Å². The van der Waals surface area contributed by atoms with Crippen molar-refractivity contribution in [3.8, 4) is 0 Å². The Morgan fingerprint density at radius 2 is 1.05 bits per heavy atom. The van der Waals surface area contributed by atoms with Gasteiger partial charge in [-0.25, -0.2) is 0 Å². The first kappa shape index (κ1) is 99.1. The molecule has 10 aliphatic rings. The number of carbonyl (C=O) groups excluding carboxylic acids is 7. The minimum Gasteiger partial charge on any atom is -0.295 e. The maximum absolute atomic E-state index is 13.3. The Bertz CT molecular complexity index is 3520. The molecule has 0 bridgehead atoms. The van der Waals surface area contributed by atoms with E-state index in [1.54, 1.807) is 6.08 Å². The average Bonchev–Trinajstić information content (AvgIpc) is 1.77. The summed E-state index contributed by atoms with van der Waals surface area (Å²) in [6.45, 7) is 34.7. The van der Waals surface area contributed by atoms with E-state index < -0.39 is 0 Å². The molecule has 0 aromatic heterocycles. The van der Waals surface area contributed by atoms with Crippen LogP contribution < -0.4 is 0 Å². The lowest BCUT2D eigenvalue weighted by Crippen LogP contribution is -2.48. The summed E-state index contributed by atoms with van der Waals surface area (Å²) in [5, 5.41) is 0.749. The summed E-state index contributed by atoms with van der Waals surface area (Å²) >= 11 is 0. The molecule has 3 aromatic rings. The van der Waals surface area contributed by atoms with E-state index in [4.69, 9.17) is 0 Å². The molecule has 14 heteroatoms. The zero-order valence-electron chi connectivity index (χ0n) is 75.2. The van der Waals surface area contributed by atoms with E-state index in [1.807, 2.05) is 92.7 Å². The number of carbonyl (C=O) groups is 7. The molecule has 640 valence electrons. The topological polar surface area (TPSA) is 119 Å². The Hall–Kier alpha value is -2.98. The number of hydrogen-bond donors (Lipinski definition) is 0. The summed E-state index contributed by atoms with van der Waals surface area (Å²) in [5.41, 5.74) is 8.04. The zero-order valence-corrected chi connectivity index (χ0v) is 80.9. The second kappa shape index (κ2) is 50.0. The van der Waals surface area contributed by atoms with Crippen molar-refractivity contribution in [1.82, 2.24) is 0 Å². The SMILES string of the molecule is CC(C)C(=O)C(C)(C)[S+]1CCCC1.CC1(C)CC(=O)C=C(C[S+]2CCCC2)C1.CCCC[S+](CCCC)C(C(=O)c1ccc(C)cc1)C(C)(C)C.Cc1ccc(C(=O)C([S+]2CCCC2)C(C)(C)C)cc1.O=C(C[S+]1CCCC1)C1=CCCCC1.O=C(c1ccccc1)C1([S+]2CCCC2)CCCCC1.O=C1C=CCCC1[S+]1CCCC1. The van der Waals surface area contributed by atoms with Crippen molar-refractivity contribution in [3.05, 3.63) is 142 Å². The van der Waals surface area contributed by atoms with Crippen LogP contribution >= 0.6 is 0 Å². The van der Waals surface area contributed by atoms with Crippen LogP contribution in [0, 0.1) is 36.0 Å². The van der Waals surface area contributed by atoms with Gasteiger partial charge in [0.2, 0.25) is 28.9 Å². The number of rotatable bonds is 24. The van der Waals surface area contributed by atoms with Crippen LogP contribution in [0.1, 0.15) is 325 Å². The highest BCUT2D eigenvalue weighted by Gasteiger charge is 2.55. The van der Waals surface area contributed by atoms with Crippen LogP contribution in [-0.2, 0) is 95.4 Å². The molecule has 6 saturated heterocycles. The number of benzene rings is 3. The van der Waals surface area contributed by atoms with Gasteiger partial charge in [-0.1, -0.05) is 204 Å². The number of unbranched alkanes of at least 4 members (excludes halogenated alkanes) is 2. The van der Waals surface area contributed by atoms with Crippen LogP contribution in [0.15, 0.2) is 114 Å². The molecule has 0 amide bonds. The monoisotopic (exact) mass is 1710 g/mol. The number of hydrogen-bond acceptors (Lipinski definition) is 7. The molecule has 0 N–H and O–H groups in total. The quantitative estimate of drug-likeness (QED) is 0.0647. The number of aryl methyl sites for hydroxylation is 2. The Morgan fingerprint density at radius 1 is 0.539 bits per heavy atom. The van der Waals surface area contributed by atoms with Gasteiger partial charge in [-0.15, -0.1) is 0 Å². The van der Waals surface area contributed by atoms with E-state index >= 15 is 0 Å². The summed E-state index contributed by atoms with van der Waals surface area (Å²) in [5.74, 6) is 23.3. The van der Waals surface area contributed by atoms with Crippen molar-refractivity contribution >= 4 is 117 Å². The van der Waals surface area contributed by atoms with Crippen LogP contribution in [0.3, 0.4) is 0 Å². The van der Waals surface area contributed by atoms with Gasteiger partial charge < -0.3 is 0 Å². The minimum atomic E-state index is -0.0509.